The molecule has 0 fully saturated rings. The van der Waals surface area contributed by atoms with Crippen LogP contribution in [0.1, 0.15) is 21.5 Å². The minimum atomic E-state index is -3.63. The van der Waals surface area contributed by atoms with E-state index in [1.165, 1.54) is 12.1 Å². The molecule has 0 spiro atoms. The van der Waals surface area contributed by atoms with E-state index in [4.69, 9.17) is 17.9 Å². The lowest BCUT2D eigenvalue weighted by Gasteiger charge is -2.12. The Bertz CT molecular complexity index is 1020. The quantitative estimate of drug-likeness (QED) is 0.470. The summed E-state index contributed by atoms with van der Waals surface area (Å²) in [6, 6.07) is 9.99. The van der Waals surface area contributed by atoms with E-state index in [1.807, 2.05) is 19.1 Å². The second kappa shape index (κ2) is 8.04. The van der Waals surface area contributed by atoms with Crippen molar-refractivity contribution in [3.05, 3.63) is 53.1 Å². The lowest BCUT2D eigenvalue weighted by atomic mass is 9.98. The highest BCUT2D eigenvalue weighted by molar-refractivity contribution is 7.90. The first-order valence-corrected chi connectivity index (χ1v) is 9.08. The highest BCUT2D eigenvalue weighted by Gasteiger charge is 2.21. The van der Waals surface area contributed by atoms with Crippen LogP contribution >= 0.6 is 12.4 Å². The van der Waals surface area contributed by atoms with Gasteiger partial charge in [-0.05, 0) is 24.6 Å². The SMILES string of the molecule is C#Cc1cc(-c2ccc(C)cc2)c(S(C)(=O)=O)cc1C(=O)N=C(N)N.Cl. The predicted octanol–water partition coefficient (Wildman–Crippen LogP) is 1.88. The van der Waals surface area contributed by atoms with Crippen LogP contribution in [0.15, 0.2) is 46.3 Å². The first-order valence-electron chi connectivity index (χ1n) is 7.19. The molecule has 0 aromatic heterocycles. The van der Waals surface area contributed by atoms with Crippen molar-refractivity contribution in [2.75, 3.05) is 6.26 Å². The van der Waals surface area contributed by atoms with Crippen LogP contribution in [0.5, 0.6) is 0 Å². The van der Waals surface area contributed by atoms with Crippen molar-refractivity contribution in [3.8, 4) is 23.5 Å². The summed E-state index contributed by atoms with van der Waals surface area (Å²) in [6.45, 7) is 1.92. The number of aliphatic imine (C=N–C) groups is 1. The van der Waals surface area contributed by atoms with Gasteiger partial charge in [0.25, 0.3) is 5.91 Å². The average Bonchev–Trinajstić information content (AvgIpc) is 2.52. The highest BCUT2D eigenvalue weighted by Crippen LogP contribution is 2.31. The third kappa shape index (κ3) is 4.63. The maximum Gasteiger partial charge on any atom is 0.281 e. The molecule has 4 N–H and O–H groups in total. The smallest absolute Gasteiger partial charge is 0.281 e. The van der Waals surface area contributed by atoms with Gasteiger partial charge in [0.1, 0.15) is 0 Å². The molecule has 2 rings (SSSR count). The van der Waals surface area contributed by atoms with Crippen LogP contribution in [0, 0.1) is 19.3 Å². The number of nitrogens with zero attached hydrogens (tertiary/aromatic N) is 1. The van der Waals surface area contributed by atoms with Gasteiger partial charge in [0.05, 0.1) is 10.5 Å². The topological polar surface area (TPSA) is 116 Å². The van der Waals surface area contributed by atoms with Gasteiger partial charge in [-0.2, -0.15) is 4.99 Å². The molecule has 2 aromatic carbocycles. The second-order valence-electron chi connectivity index (χ2n) is 5.52. The van der Waals surface area contributed by atoms with Crippen molar-refractivity contribution >= 4 is 34.1 Å². The molecular formula is C18H18ClN3O3S. The van der Waals surface area contributed by atoms with Crippen LogP contribution in [0.25, 0.3) is 11.1 Å². The molecule has 6 nitrogen and oxygen atoms in total. The van der Waals surface area contributed by atoms with Gasteiger partial charge in [-0.15, -0.1) is 18.8 Å². The first-order chi connectivity index (χ1) is 11.6. The maximum atomic E-state index is 12.2. The Balaban J connectivity index is 0.00000338. The third-order valence-corrected chi connectivity index (χ3v) is 4.64. The van der Waals surface area contributed by atoms with Gasteiger partial charge >= 0.3 is 0 Å². The summed E-state index contributed by atoms with van der Waals surface area (Å²) in [6.07, 6.45) is 6.55. The number of terminal acetylenes is 1. The maximum absolute atomic E-state index is 12.2. The zero-order valence-electron chi connectivity index (χ0n) is 14.2. The molecule has 0 saturated heterocycles. The molecule has 0 saturated carbocycles. The van der Waals surface area contributed by atoms with E-state index in [0.717, 1.165) is 11.8 Å². The molecule has 0 atom stereocenters. The molecule has 26 heavy (non-hydrogen) atoms. The van der Waals surface area contributed by atoms with E-state index < -0.39 is 21.7 Å². The number of carbonyl (C=O) groups is 1. The first kappa shape index (κ1) is 21.2. The Hall–Kier alpha value is -2.82. The monoisotopic (exact) mass is 391 g/mol. The van der Waals surface area contributed by atoms with Gasteiger partial charge in [0.15, 0.2) is 15.8 Å². The van der Waals surface area contributed by atoms with Crippen LogP contribution in [0.4, 0.5) is 0 Å². The zero-order chi connectivity index (χ0) is 18.8. The van der Waals surface area contributed by atoms with Crippen LogP contribution < -0.4 is 11.5 Å². The Morgan fingerprint density at radius 1 is 1.15 bits per heavy atom. The molecule has 1 amide bonds. The molecule has 136 valence electrons. The number of amides is 1. The largest absolute Gasteiger partial charge is 0.370 e. The second-order valence-corrected chi connectivity index (χ2v) is 7.50. The number of rotatable bonds is 3. The lowest BCUT2D eigenvalue weighted by Crippen LogP contribution is -2.24. The molecule has 0 aliphatic heterocycles. The fraction of sp³-hybridized carbons (Fsp3) is 0.111. The van der Waals surface area contributed by atoms with E-state index in [2.05, 4.69) is 10.9 Å². The van der Waals surface area contributed by atoms with Gasteiger partial charge in [0, 0.05) is 17.4 Å². The zero-order valence-corrected chi connectivity index (χ0v) is 15.8. The predicted molar refractivity (Wildman–Crippen MR) is 105 cm³/mol. The number of benzene rings is 2. The van der Waals surface area contributed by atoms with Gasteiger partial charge in [-0.25, -0.2) is 8.42 Å². The van der Waals surface area contributed by atoms with Crippen molar-refractivity contribution < 1.29 is 13.2 Å². The number of hydrogen-bond acceptors (Lipinski definition) is 3. The van der Waals surface area contributed by atoms with Gasteiger partial charge in [-0.3, -0.25) is 4.79 Å². The number of halogens is 1. The number of sulfone groups is 1. The Labute approximate surface area is 158 Å². The molecule has 2 aromatic rings. The molecular weight excluding hydrogens is 374 g/mol. The summed E-state index contributed by atoms with van der Waals surface area (Å²) < 4.78 is 24.5. The van der Waals surface area contributed by atoms with Crippen LogP contribution in [0.3, 0.4) is 0 Å². The number of aryl methyl sites for hydroxylation is 1. The summed E-state index contributed by atoms with van der Waals surface area (Å²) in [7, 11) is -3.63. The van der Waals surface area contributed by atoms with E-state index in [-0.39, 0.29) is 28.4 Å². The Morgan fingerprint density at radius 2 is 1.73 bits per heavy atom. The number of hydrogen-bond donors (Lipinski definition) is 2. The van der Waals surface area contributed by atoms with E-state index in [1.54, 1.807) is 12.1 Å². The van der Waals surface area contributed by atoms with Crippen molar-refractivity contribution in [1.29, 1.82) is 0 Å². The van der Waals surface area contributed by atoms with E-state index in [0.29, 0.717) is 11.1 Å². The minimum absolute atomic E-state index is 0. The Morgan fingerprint density at radius 3 is 2.19 bits per heavy atom. The van der Waals surface area contributed by atoms with Crippen LogP contribution in [0.2, 0.25) is 0 Å². The fourth-order valence-corrected chi connectivity index (χ4v) is 3.23. The molecule has 0 aliphatic carbocycles. The van der Waals surface area contributed by atoms with Crippen molar-refractivity contribution in [2.45, 2.75) is 11.8 Å². The molecule has 0 heterocycles. The summed E-state index contributed by atoms with van der Waals surface area (Å²) in [5, 5.41) is 0. The van der Waals surface area contributed by atoms with Crippen LogP contribution in [-0.2, 0) is 9.84 Å². The van der Waals surface area contributed by atoms with E-state index in [9.17, 15) is 13.2 Å². The van der Waals surface area contributed by atoms with Crippen molar-refractivity contribution in [1.82, 2.24) is 0 Å². The molecule has 0 radical (unpaired) electrons. The highest BCUT2D eigenvalue weighted by atomic mass is 35.5. The minimum Gasteiger partial charge on any atom is -0.370 e. The summed E-state index contributed by atoms with van der Waals surface area (Å²) in [5.41, 5.74) is 12.7. The molecule has 0 bridgehead atoms. The van der Waals surface area contributed by atoms with Crippen molar-refractivity contribution in [3.63, 3.8) is 0 Å². The van der Waals surface area contributed by atoms with Gasteiger partial charge in [0.2, 0.25) is 0 Å². The summed E-state index contributed by atoms with van der Waals surface area (Å²) >= 11 is 0. The van der Waals surface area contributed by atoms with E-state index >= 15 is 0 Å². The summed E-state index contributed by atoms with van der Waals surface area (Å²) in [4.78, 5) is 15.6. The molecule has 0 unspecified atom stereocenters. The van der Waals surface area contributed by atoms with Crippen molar-refractivity contribution in [2.24, 2.45) is 16.5 Å². The Kier molecular flexibility index (Phi) is 6.56. The molecule has 8 heteroatoms. The van der Waals surface area contributed by atoms with Gasteiger partial charge < -0.3 is 11.5 Å². The van der Waals surface area contributed by atoms with Gasteiger partial charge in [-0.1, -0.05) is 35.7 Å². The standard InChI is InChI=1S/C18H17N3O3S.ClH/c1-4-12-9-14(13-7-5-11(2)6-8-13)16(25(3,23)24)10-15(12)17(22)21-18(19)20;/h1,5-10H,2-3H3,(H4,19,20,21,22);1H. The van der Waals surface area contributed by atoms with Crippen LogP contribution in [-0.4, -0.2) is 26.5 Å². The third-order valence-electron chi connectivity index (χ3n) is 3.50. The normalized spacial score (nSPS) is 10.3. The number of nitrogens with two attached hydrogens (primary N) is 2. The lowest BCUT2D eigenvalue weighted by molar-refractivity contribution is 0.100. The summed E-state index contributed by atoms with van der Waals surface area (Å²) in [5.74, 6) is 1.15. The number of carbonyl (C=O) groups excluding carboxylic acids is 1. The fourth-order valence-electron chi connectivity index (χ4n) is 2.32. The molecule has 0 aliphatic rings. The average molecular weight is 392 g/mol. The number of guanidine groups is 1.